The minimum absolute atomic E-state index is 0.201. The third-order valence-electron chi connectivity index (χ3n) is 2.17. The molecule has 0 saturated carbocycles. The van der Waals surface area contributed by atoms with Gasteiger partial charge in [0.25, 0.3) is 0 Å². The lowest BCUT2D eigenvalue weighted by Gasteiger charge is -2.09. The molecule has 5 nitrogen and oxygen atoms in total. The molecule has 0 aliphatic carbocycles. The highest BCUT2D eigenvalue weighted by Gasteiger charge is 2.09. The number of rotatable bonds is 3. The molecule has 0 spiro atoms. The number of hydrogen-bond donors (Lipinski definition) is 1. The number of benzene rings is 1. The van der Waals surface area contributed by atoms with Crippen molar-refractivity contribution in [3.05, 3.63) is 35.4 Å². The van der Waals surface area contributed by atoms with Crippen LogP contribution in [0.4, 0.5) is 0 Å². The number of aliphatic hydroxyl groups is 1. The largest absolute Gasteiger partial charge is 0.497 e. The summed E-state index contributed by atoms with van der Waals surface area (Å²) >= 11 is 6.06. The van der Waals surface area contributed by atoms with Gasteiger partial charge < -0.3 is 9.84 Å². The lowest BCUT2D eigenvalue weighted by Crippen LogP contribution is -2.01. The van der Waals surface area contributed by atoms with E-state index in [1.165, 1.54) is 6.33 Å². The molecule has 0 aliphatic heterocycles. The van der Waals surface area contributed by atoms with E-state index in [1.807, 2.05) is 0 Å². The van der Waals surface area contributed by atoms with E-state index in [1.54, 1.807) is 29.9 Å². The van der Waals surface area contributed by atoms with Gasteiger partial charge in [0.2, 0.25) is 0 Å². The summed E-state index contributed by atoms with van der Waals surface area (Å²) in [5.41, 5.74) is 0.676. The minimum atomic E-state index is -0.201. The molecule has 2 aromatic rings. The van der Waals surface area contributed by atoms with Crippen LogP contribution in [0.1, 0.15) is 5.82 Å². The van der Waals surface area contributed by atoms with Crippen molar-refractivity contribution in [1.82, 2.24) is 14.8 Å². The Morgan fingerprint density at radius 3 is 3.00 bits per heavy atom. The maximum Gasteiger partial charge on any atom is 0.163 e. The highest BCUT2D eigenvalue weighted by Crippen LogP contribution is 2.25. The zero-order valence-corrected chi connectivity index (χ0v) is 9.35. The molecule has 16 heavy (non-hydrogen) atoms. The molecule has 0 atom stereocenters. The fourth-order valence-corrected chi connectivity index (χ4v) is 1.58. The topological polar surface area (TPSA) is 60.2 Å². The second kappa shape index (κ2) is 4.51. The van der Waals surface area contributed by atoms with Gasteiger partial charge in [-0.3, -0.25) is 4.57 Å². The third-order valence-corrected chi connectivity index (χ3v) is 2.49. The number of ether oxygens (including phenoxy) is 1. The Morgan fingerprint density at radius 1 is 1.50 bits per heavy atom. The molecule has 84 valence electrons. The van der Waals surface area contributed by atoms with Crippen molar-refractivity contribution in [2.75, 3.05) is 7.11 Å². The van der Waals surface area contributed by atoms with E-state index in [9.17, 15) is 0 Å². The molecular weight excluding hydrogens is 230 g/mol. The van der Waals surface area contributed by atoms with Crippen LogP contribution in [0.2, 0.25) is 5.02 Å². The van der Waals surface area contributed by atoms with Crippen LogP contribution < -0.4 is 4.74 Å². The fraction of sp³-hybridized carbons (Fsp3) is 0.200. The summed E-state index contributed by atoms with van der Waals surface area (Å²) in [6, 6.07) is 5.23. The molecule has 1 N–H and O–H groups in total. The second-order valence-electron chi connectivity index (χ2n) is 3.09. The van der Waals surface area contributed by atoms with Crippen molar-refractivity contribution in [3.8, 4) is 11.4 Å². The van der Waals surface area contributed by atoms with Crippen molar-refractivity contribution in [2.45, 2.75) is 6.61 Å². The van der Waals surface area contributed by atoms with Gasteiger partial charge in [0.05, 0.1) is 17.8 Å². The normalized spacial score (nSPS) is 10.4. The molecule has 2 rings (SSSR count). The van der Waals surface area contributed by atoms with Gasteiger partial charge in [-0.25, -0.2) is 0 Å². The molecule has 1 aromatic carbocycles. The molecule has 0 unspecified atom stereocenters. The van der Waals surface area contributed by atoms with E-state index < -0.39 is 0 Å². The Balaban J connectivity index is 2.54. The highest BCUT2D eigenvalue weighted by molar-refractivity contribution is 6.32. The first-order chi connectivity index (χ1) is 7.76. The van der Waals surface area contributed by atoms with Crippen LogP contribution in [0, 0.1) is 0 Å². The van der Waals surface area contributed by atoms with E-state index in [0.29, 0.717) is 22.3 Å². The average molecular weight is 240 g/mol. The molecule has 1 aromatic heterocycles. The summed E-state index contributed by atoms with van der Waals surface area (Å²) in [6.45, 7) is -0.201. The minimum Gasteiger partial charge on any atom is -0.497 e. The lowest BCUT2D eigenvalue weighted by atomic mass is 10.3. The van der Waals surface area contributed by atoms with Crippen LogP contribution in [0.5, 0.6) is 5.75 Å². The molecule has 6 heteroatoms. The Kier molecular flexibility index (Phi) is 3.07. The molecular formula is C10H10ClN3O2. The van der Waals surface area contributed by atoms with Crippen LogP contribution in [-0.4, -0.2) is 27.0 Å². The van der Waals surface area contributed by atoms with E-state index >= 15 is 0 Å². The summed E-state index contributed by atoms with van der Waals surface area (Å²) < 4.78 is 6.72. The molecule has 0 radical (unpaired) electrons. The highest BCUT2D eigenvalue weighted by atomic mass is 35.5. The summed E-state index contributed by atoms with van der Waals surface area (Å²) in [4.78, 5) is 0. The first kappa shape index (κ1) is 10.9. The maximum atomic E-state index is 9.09. The third kappa shape index (κ3) is 1.87. The van der Waals surface area contributed by atoms with Gasteiger partial charge in [0, 0.05) is 6.07 Å². The molecule has 0 saturated heterocycles. The van der Waals surface area contributed by atoms with Gasteiger partial charge in [0.1, 0.15) is 18.7 Å². The molecule has 1 heterocycles. The maximum absolute atomic E-state index is 9.09. The Labute approximate surface area is 97.3 Å². The van der Waals surface area contributed by atoms with Crippen LogP contribution in [-0.2, 0) is 6.61 Å². The molecule has 0 aliphatic rings. The Hall–Kier alpha value is -1.59. The van der Waals surface area contributed by atoms with Crippen LogP contribution in [0.15, 0.2) is 24.5 Å². The predicted molar refractivity (Wildman–Crippen MR) is 58.8 cm³/mol. The van der Waals surface area contributed by atoms with Crippen LogP contribution >= 0.6 is 11.6 Å². The summed E-state index contributed by atoms with van der Waals surface area (Å²) in [6.07, 6.45) is 1.49. The SMILES string of the molecule is COc1ccc(Cl)c(-n2cnnc2CO)c1. The summed E-state index contributed by atoms with van der Waals surface area (Å²) in [5, 5.41) is 17.1. The monoisotopic (exact) mass is 239 g/mol. The molecule has 0 bridgehead atoms. The van der Waals surface area contributed by atoms with E-state index in [2.05, 4.69) is 10.2 Å². The van der Waals surface area contributed by atoms with Gasteiger partial charge >= 0.3 is 0 Å². The fourth-order valence-electron chi connectivity index (χ4n) is 1.37. The molecule has 0 fully saturated rings. The van der Waals surface area contributed by atoms with Crippen molar-refractivity contribution < 1.29 is 9.84 Å². The van der Waals surface area contributed by atoms with Gasteiger partial charge in [-0.2, -0.15) is 0 Å². The zero-order chi connectivity index (χ0) is 11.5. The Morgan fingerprint density at radius 2 is 2.31 bits per heavy atom. The van der Waals surface area contributed by atoms with Crippen molar-refractivity contribution >= 4 is 11.6 Å². The van der Waals surface area contributed by atoms with Crippen LogP contribution in [0.25, 0.3) is 5.69 Å². The number of hydrogen-bond acceptors (Lipinski definition) is 4. The summed E-state index contributed by atoms with van der Waals surface area (Å²) in [7, 11) is 1.58. The lowest BCUT2D eigenvalue weighted by molar-refractivity contribution is 0.269. The van der Waals surface area contributed by atoms with Gasteiger partial charge in [0.15, 0.2) is 5.82 Å². The van der Waals surface area contributed by atoms with E-state index in [0.717, 1.165) is 0 Å². The van der Waals surface area contributed by atoms with Gasteiger partial charge in [-0.1, -0.05) is 11.6 Å². The standard InChI is InChI=1S/C10H10ClN3O2/c1-16-7-2-3-8(11)9(4-7)14-6-12-13-10(14)5-15/h2-4,6,15H,5H2,1H3. The zero-order valence-electron chi connectivity index (χ0n) is 8.59. The number of methoxy groups -OCH3 is 1. The number of aliphatic hydroxyl groups excluding tert-OH is 1. The molecule has 0 amide bonds. The predicted octanol–water partition coefficient (Wildman–Crippen LogP) is 1.42. The van der Waals surface area contributed by atoms with E-state index in [4.69, 9.17) is 21.4 Å². The van der Waals surface area contributed by atoms with Crippen molar-refractivity contribution in [1.29, 1.82) is 0 Å². The second-order valence-corrected chi connectivity index (χ2v) is 3.50. The smallest absolute Gasteiger partial charge is 0.163 e. The number of nitrogens with zero attached hydrogens (tertiary/aromatic N) is 3. The van der Waals surface area contributed by atoms with Crippen molar-refractivity contribution in [3.63, 3.8) is 0 Å². The van der Waals surface area contributed by atoms with Gasteiger partial charge in [-0.05, 0) is 12.1 Å². The van der Waals surface area contributed by atoms with E-state index in [-0.39, 0.29) is 6.61 Å². The van der Waals surface area contributed by atoms with Crippen LogP contribution in [0.3, 0.4) is 0 Å². The first-order valence-electron chi connectivity index (χ1n) is 4.60. The van der Waals surface area contributed by atoms with Gasteiger partial charge in [-0.15, -0.1) is 10.2 Å². The average Bonchev–Trinajstić information content (AvgIpc) is 2.77. The quantitative estimate of drug-likeness (QED) is 0.880. The summed E-state index contributed by atoms with van der Waals surface area (Å²) in [5.74, 6) is 1.10. The Bertz CT molecular complexity index is 499. The number of aromatic nitrogens is 3. The first-order valence-corrected chi connectivity index (χ1v) is 4.97. The number of halogens is 1. The van der Waals surface area contributed by atoms with Crippen molar-refractivity contribution in [2.24, 2.45) is 0 Å².